The highest BCUT2D eigenvalue weighted by Crippen LogP contribution is 2.31. The highest BCUT2D eigenvalue weighted by Gasteiger charge is 2.40. The van der Waals surface area contributed by atoms with E-state index in [4.69, 9.17) is 0 Å². The Balaban J connectivity index is 1.40. The number of hydrogen-bond acceptors (Lipinski definition) is 6. The molecular formula is C25H26N2O5S. The van der Waals surface area contributed by atoms with Gasteiger partial charge in [-0.15, -0.1) is 11.8 Å². The van der Waals surface area contributed by atoms with Gasteiger partial charge in [-0.05, 0) is 48.7 Å². The molecule has 1 heterocycles. The highest BCUT2D eigenvalue weighted by atomic mass is 32.2. The maximum atomic E-state index is 13.0. The summed E-state index contributed by atoms with van der Waals surface area (Å²) in [5.41, 5.74) is 2.64. The van der Waals surface area contributed by atoms with Crippen LogP contribution in [0.25, 0.3) is 0 Å². The molecule has 0 radical (unpaired) electrons. The quantitative estimate of drug-likeness (QED) is 0.484. The number of imide groups is 1. The van der Waals surface area contributed by atoms with Crippen LogP contribution in [0, 0.1) is 0 Å². The Hall–Kier alpha value is -3.13. The fourth-order valence-corrected chi connectivity index (χ4v) is 5.09. The van der Waals surface area contributed by atoms with Gasteiger partial charge >= 0.3 is 5.97 Å². The van der Waals surface area contributed by atoms with Gasteiger partial charge in [0.1, 0.15) is 0 Å². The lowest BCUT2D eigenvalue weighted by molar-refractivity contribution is -0.137. The Kier molecular flexibility index (Phi) is 7.13. The van der Waals surface area contributed by atoms with Crippen molar-refractivity contribution in [3.05, 3.63) is 64.7 Å². The molecule has 0 spiro atoms. The molecule has 0 atom stereocenters. The number of ether oxygens (including phenoxy) is 1. The van der Waals surface area contributed by atoms with E-state index in [0.717, 1.165) is 37.7 Å². The fourth-order valence-electron chi connectivity index (χ4n) is 4.27. The number of amides is 3. The van der Waals surface area contributed by atoms with E-state index in [0.29, 0.717) is 28.1 Å². The van der Waals surface area contributed by atoms with E-state index in [1.807, 2.05) is 12.1 Å². The van der Waals surface area contributed by atoms with Crippen molar-refractivity contribution in [2.45, 2.75) is 43.9 Å². The van der Waals surface area contributed by atoms with E-state index in [9.17, 15) is 19.2 Å². The van der Waals surface area contributed by atoms with E-state index in [2.05, 4.69) is 10.1 Å². The van der Waals surface area contributed by atoms with E-state index < -0.39 is 0 Å². The van der Waals surface area contributed by atoms with Crippen LogP contribution in [-0.2, 0) is 15.3 Å². The number of thioether (sulfide) groups is 1. The van der Waals surface area contributed by atoms with Gasteiger partial charge in [0.15, 0.2) is 0 Å². The number of benzene rings is 2. The van der Waals surface area contributed by atoms with Gasteiger partial charge in [0.05, 0.1) is 24.0 Å². The molecule has 8 heteroatoms. The number of methoxy groups -OCH3 is 1. The van der Waals surface area contributed by atoms with Crippen molar-refractivity contribution in [1.29, 1.82) is 0 Å². The summed E-state index contributed by atoms with van der Waals surface area (Å²) < 4.78 is 4.62. The molecule has 2 aliphatic rings. The first kappa shape index (κ1) is 23.0. The molecule has 1 fully saturated rings. The van der Waals surface area contributed by atoms with Gasteiger partial charge in [-0.2, -0.15) is 0 Å². The van der Waals surface area contributed by atoms with E-state index in [1.165, 1.54) is 29.8 Å². The van der Waals surface area contributed by atoms with Gasteiger partial charge in [0.25, 0.3) is 17.7 Å². The molecule has 172 valence electrons. The van der Waals surface area contributed by atoms with Crippen molar-refractivity contribution < 1.29 is 23.9 Å². The molecule has 2 aromatic carbocycles. The van der Waals surface area contributed by atoms with Crippen molar-refractivity contribution in [2.24, 2.45) is 0 Å². The number of carbonyl (C=O) groups is 4. The smallest absolute Gasteiger partial charge is 0.315 e. The number of rotatable bonds is 7. The van der Waals surface area contributed by atoms with Gasteiger partial charge in [-0.3, -0.25) is 24.1 Å². The van der Waals surface area contributed by atoms with E-state index in [1.54, 1.807) is 24.3 Å². The van der Waals surface area contributed by atoms with Crippen LogP contribution in [0.15, 0.2) is 42.5 Å². The van der Waals surface area contributed by atoms with Crippen LogP contribution in [0.1, 0.15) is 68.7 Å². The lowest BCUT2D eigenvalue weighted by Crippen LogP contribution is -2.40. The Morgan fingerprint density at radius 3 is 2.39 bits per heavy atom. The highest BCUT2D eigenvalue weighted by molar-refractivity contribution is 7.99. The largest absolute Gasteiger partial charge is 0.468 e. The molecule has 7 nitrogen and oxygen atoms in total. The SMILES string of the molecule is COC(=O)CSCc1ccc(NC(=O)c2ccc3c(c2)C(=O)N(C2CCCCC2)C3=O)cc1. The predicted molar refractivity (Wildman–Crippen MR) is 126 cm³/mol. The third kappa shape index (κ3) is 5.11. The first-order valence-corrected chi connectivity index (χ1v) is 12.2. The Morgan fingerprint density at radius 2 is 1.70 bits per heavy atom. The number of anilines is 1. The standard InChI is InChI=1S/C25H26N2O5S/c1-32-22(28)15-33-14-16-7-10-18(11-8-16)26-23(29)17-9-12-20-21(13-17)25(31)27(24(20)30)19-5-3-2-4-6-19/h7-13,19H,2-6,14-15H2,1H3,(H,26,29). The van der Waals surface area contributed by atoms with Crippen molar-refractivity contribution in [1.82, 2.24) is 4.90 Å². The summed E-state index contributed by atoms with van der Waals surface area (Å²) in [4.78, 5) is 51.1. The maximum Gasteiger partial charge on any atom is 0.315 e. The molecule has 1 aliphatic heterocycles. The van der Waals surface area contributed by atoms with Crippen molar-refractivity contribution in [3.63, 3.8) is 0 Å². The van der Waals surface area contributed by atoms with Crippen molar-refractivity contribution >= 4 is 41.1 Å². The topological polar surface area (TPSA) is 92.8 Å². The third-order valence-electron chi connectivity index (χ3n) is 6.05. The zero-order valence-electron chi connectivity index (χ0n) is 18.5. The Bertz CT molecular complexity index is 1080. The molecule has 0 saturated heterocycles. The number of esters is 1. The molecule has 4 rings (SSSR count). The molecule has 3 amide bonds. The zero-order chi connectivity index (χ0) is 23.4. The molecule has 2 aromatic rings. The fraction of sp³-hybridized carbons (Fsp3) is 0.360. The summed E-state index contributed by atoms with van der Waals surface area (Å²) in [7, 11) is 1.36. The second kappa shape index (κ2) is 10.2. The number of nitrogens with one attached hydrogen (secondary N) is 1. The van der Waals surface area contributed by atoms with Crippen LogP contribution in [0.3, 0.4) is 0 Å². The number of fused-ring (bicyclic) bond motifs is 1. The average molecular weight is 467 g/mol. The Morgan fingerprint density at radius 1 is 1.00 bits per heavy atom. The lowest BCUT2D eigenvalue weighted by atomic mass is 9.94. The number of carbonyl (C=O) groups excluding carboxylic acids is 4. The molecule has 33 heavy (non-hydrogen) atoms. The minimum absolute atomic E-state index is 0.0484. The molecule has 1 saturated carbocycles. The summed E-state index contributed by atoms with van der Waals surface area (Å²) in [6.45, 7) is 0. The van der Waals surface area contributed by atoms with Gasteiger partial charge in [0.2, 0.25) is 0 Å². The van der Waals surface area contributed by atoms with Crippen LogP contribution in [0.2, 0.25) is 0 Å². The molecule has 1 N–H and O–H groups in total. The molecule has 0 aromatic heterocycles. The number of hydrogen-bond donors (Lipinski definition) is 1. The van der Waals surface area contributed by atoms with Gasteiger partial charge in [-0.1, -0.05) is 31.4 Å². The summed E-state index contributed by atoms with van der Waals surface area (Å²) in [6, 6.07) is 12.0. The normalized spacial score (nSPS) is 16.0. The van der Waals surface area contributed by atoms with Gasteiger partial charge in [-0.25, -0.2) is 0 Å². The van der Waals surface area contributed by atoms with Gasteiger partial charge < -0.3 is 10.1 Å². The minimum Gasteiger partial charge on any atom is -0.468 e. The second-order valence-corrected chi connectivity index (χ2v) is 9.24. The Labute approximate surface area is 196 Å². The van der Waals surface area contributed by atoms with Crippen molar-refractivity contribution in [3.8, 4) is 0 Å². The van der Waals surface area contributed by atoms with Crippen LogP contribution in [-0.4, -0.2) is 47.5 Å². The monoisotopic (exact) mass is 466 g/mol. The molecule has 0 unspecified atom stereocenters. The second-order valence-electron chi connectivity index (χ2n) is 8.25. The van der Waals surface area contributed by atoms with Crippen LogP contribution in [0.4, 0.5) is 5.69 Å². The first-order chi connectivity index (χ1) is 16.0. The third-order valence-corrected chi connectivity index (χ3v) is 7.03. The number of nitrogens with zero attached hydrogens (tertiary/aromatic N) is 1. The summed E-state index contributed by atoms with van der Waals surface area (Å²) in [5.74, 6) is -0.226. The van der Waals surface area contributed by atoms with Crippen LogP contribution < -0.4 is 5.32 Å². The van der Waals surface area contributed by atoms with Gasteiger partial charge in [0, 0.05) is 23.0 Å². The maximum absolute atomic E-state index is 13.0. The van der Waals surface area contributed by atoms with Crippen LogP contribution >= 0.6 is 11.8 Å². The van der Waals surface area contributed by atoms with Crippen molar-refractivity contribution in [2.75, 3.05) is 18.2 Å². The predicted octanol–water partition coefficient (Wildman–Crippen LogP) is 4.27. The molecule has 0 bridgehead atoms. The van der Waals surface area contributed by atoms with Crippen LogP contribution in [0.5, 0.6) is 0 Å². The average Bonchev–Trinajstić information content (AvgIpc) is 3.09. The lowest BCUT2D eigenvalue weighted by Gasteiger charge is -2.29. The summed E-state index contributed by atoms with van der Waals surface area (Å²) in [5, 5.41) is 2.83. The van der Waals surface area contributed by atoms with E-state index >= 15 is 0 Å². The molecule has 1 aliphatic carbocycles. The molecular weight excluding hydrogens is 440 g/mol. The summed E-state index contributed by atoms with van der Waals surface area (Å²) in [6.07, 6.45) is 4.87. The summed E-state index contributed by atoms with van der Waals surface area (Å²) >= 11 is 1.45. The minimum atomic E-state index is -0.345. The van der Waals surface area contributed by atoms with E-state index in [-0.39, 0.29) is 35.5 Å². The first-order valence-electron chi connectivity index (χ1n) is 11.0. The zero-order valence-corrected chi connectivity index (χ0v) is 19.3.